The summed E-state index contributed by atoms with van der Waals surface area (Å²) in [7, 11) is 2.23. The second-order valence-electron chi connectivity index (χ2n) is 6.07. The Morgan fingerprint density at radius 2 is 1.95 bits per heavy atom. The van der Waals surface area contributed by atoms with Gasteiger partial charge in [-0.25, -0.2) is 0 Å². The molecule has 0 amide bonds. The van der Waals surface area contributed by atoms with E-state index in [0.29, 0.717) is 0 Å². The summed E-state index contributed by atoms with van der Waals surface area (Å²) in [5.74, 6) is 0.933. The van der Waals surface area contributed by atoms with Crippen LogP contribution in [0.15, 0.2) is 18.2 Å². The molecule has 0 unspecified atom stereocenters. The van der Waals surface area contributed by atoms with Crippen molar-refractivity contribution in [3.05, 3.63) is 34.9 Å². The van der Waals surface area contributed by atoms with Crippen LogP contribution in [0, 0.1) is 19.8 Å². The summed E-state index contributed by atoms with van der Waals surface area (Å²) in [5, 5.41) is 3.61. The molecule has 0 aromatic heterocycles. The number of benzene rings is 1. The van der Waals surface area contributed by atoms with E-state index in [0.717, 1.165) is 19.0 Å². The van der Waals surface area contributed by atoms with Crippen LogP contribution in [0.1, 0.15) is 36.0 Å². The maximum atomic E-state index is 3.61. The van der Waals surface area contributed by atoms with Crippen LogP contribution in [0.4, 0.5) is 0 Å². The predicted molar refractivity (Wildman–Crippen MR) is 82.5 cm³/mol. The number of hydrogen-bond donors (Lipinski definition) is 1. The predicted octanol–water partition coefficient (Wildman–Crippen LogP) is 3.12. The molecule has 1 saturated heterocycles. The van der Waals surface area contributed by atoms with Crippen LogP contribution in [0.25, 0.3) is 0 Å². The molecule has 106 valence electrons. The standard InChI is InChI=1S/C17H28N2/c1-14-5-4-6-17(15(14)2)13-18-10-7-16-8-11-19(3)12-9-16/h4-6,16,18H,7-13H2,1-3H3. The van der Waals surface area contributed by atoms with Gasteiger partial charge in [0.2, 0.25) is 0 Å². The minimum Gasteiger partial charge on any atom is -0.313 e. The van der Waals surface area contributed by atoms with Crippen LogP contribution in [0.3, 0.4) is 0 Å². The summed E-state index contributed by atoms with van der Waals surface area (Å²) in [4.78, 5) is 2.44. The van der Waals surface area contributed by atoms with Crippen LogP contribution >= 0.6 is 0 Å². The molecule has 1 aromatic carbocycles. The van der Waals surface area contributed by atoms with E-state index >= 15 is 0 Å². The lowest BCUT2D eigenvalue weighted by molar-refractivity contribution is 0.211. The third-order valence-corrected chi connectivity index (χ3v) is 4.60. The Labute approximate surface area is 118 Å². The van der Waals surface area contributed by atoms with Crippen LogP contribution in [0.2, 0.25) is 0 Å². The van der Waals surface area contributed by atoms with Gasteiger partial charge in [-0.2, -0.15) is 0 Å². The van der Waals surface area contributed by atoms with E-state index < -0.39 is 0 Å². The van der Waals surface area contributed by atoms with E-state index in [1.807, 2.05) is 0 Å². The van der Waals surface area contributed by atoms with Crippen LogP contribution in [-0.4, -0.2) is 31.6 Å². The molecule has 1 N–H and O–H groups in total. The molecule has 0 saturated carbocycles. The fourth-order valence-electron chi connectivity index (χ4n) is 2.88. The Morgan fingerprint density at radius 3 is 2.68 bits per heavy atom. The van der Waals surface area contributed by atoms with Crippen molar-refractivity contribution in [2.24, 2.45) is 5.92 Å². The van der Waals surface area contributed by atoms with Gasteiger partial charge in [-0.15, -0.1) is 0 Å². The zero-order valence-electron chi connectivity index (χ0n) is 12.7. The largest absolute Gasteiger partial charge is 0.313 e. The van der Waals surface area contributed by atoms with Crippen LogP contribution in [0.5, 0.6) is 0 Å². The number of hydrogen-bond acceptors (Lipinski definition) is 2. The van der Waals surface area contributed by atoms with Crippen molar-refractivity contribution >= 4 is 0 Å². The van der Waals surface area contributed by atoms with Crippen molar-refractivity contribution in [1.29, 1.82) is 0 Å². The minimum atomic E-state index is 0.933. The third kappa shape index (κ3) is 4.32. The quantitative estimate of drug-likeness (QED) is 0.818. The molecule has 19 heavy (non-hydrogen) atoms. The molecular formula is C17H28N2. The number of piperidine rings is 1. The lowest BCUT2D eigenvalue weighted by Gasteiger charge is -2.28. The van der Waals surface area contributed by atoms with E-state index in [9.17, 15) is 0 Å². The molecule has 1 fully saturated rings. The molecule has 1 aliphatic heterocycles. The van der Waals surface area contributed by atoms with E-state index in [4.69, 9.17) is 0 Å². The Hall–Kier alpha value is -0.860. The fraction of sp³-hybridized carbons (Fsp3) is 0.647. The van der Waals surface area contributed by atoms with Crippen molar-refractivity contribution in [1.82, 2.24) is 10.2 Å². The molecule has 1 aromatic rings. The Kier molecular flexibility index (Phi) is 5.41. The normalized spacial score (nSPS) is 17.8. The first-order valence-electron chi connectivity index (χ1n) is 7.61. The molecule has 0 spiro atoms. The molecule has 1 heterocycles. The highest BCUT2D eigenvalue weighted by Crippen LogP contribution is 2.19. The maximum Gasteiger partial charge on any atom is 0.0208 e. The van der Waals surface area contributed by atoms with Gasteiger partial charge in [-0.1, -0.05) is 18.2 Å². The summed E-state index contributed by atoms with van der Waals surface area (Å²) >= 11 is 0. The SMILES string of the molecule is Cc1cccc(CNCCC2CCN(C)CC2)c1C. The Bertz CT molecular complexity index is 392. The molecule has 0 radical (unpaired) electrons. The van der Waals surface area contributed by atoms with Gasteiger partial charge in [0.1, 0.15) is 0 Å². The molecule has 0 aliphatic carbocycles. The number of aryl methyl sites for hydroxylation is 1. The molecule has 2 rings (SSSR count). The number of rotatable bonds is 5. The smallest absolute Gasteiger partial charge is 0.0208 e. The molecule has 2 nitrogen and oxygen atoms in total. The zero-order chi connectivity index (χ0) is 13.7. The van der Waals surface area contributed by atoms with Gasteiger partial charge in [-0.05, 0) is 82.4 Å². The number of nitrogens with zero attached hydrogens (tertiary/aromatic N) is 1. The van der Waals surface area contributed by atoms with Gasteiger partial charge in [-0.3, -0.25) is 0 Å². The topological polar surface area (TPSA) is 15.3 Å². The van der Waals surface area contributed by atoms with Crippen molar-refractivity contribution in [2.45, 2.75) is 39.7 Å². The average molecular weight is 260 g/mol. The second-order valence-corrected chi connectivity index (χ2v) is 6.07. The van der Waals surface area contributed by atoms with Gasteiger partial charge in [0.05, 0.1) is 0 Å². The minimum absolute atomic E-state index is 0.933. The van der Waals surface area contributed by atoms with E-state index in [1.54, 1.807) is 0 Å². The van der Waals surface area contributed by atoms with Crippen molar-refractivity contribution < 1.29 is 0 Å². The molecule has 2 heteroatoms. The first kappa shape index (κ1) is 14.5. The highest BCUT2D eigenvalue weighted by Gasteiger charge is 2.15. The second kappa shape index (κ2) is 7.06. The van der Waals surface area contributed by atoms with Crippen LogP contribution < -0.4 is 5.32 Å². The summed E-state index contributed by atoms with van der Waals surface area (Å²) in [6, 6.07) is 6.60. The lowest BCUT2D eigenvalue weighted by Crippen LogP contribution is -2.31. The first-order valence-corrected chi connectivity index (χ1v) is 7.61. The monoisotopic (exact) mass is 260 g/mol. The van der Waals surface area contributed by atoms with Gasteiger partial charge >= 0.3 is 0 Å². The zero-order valence-corrected chi connectivity index (χ0v) is 12.7. The number of likely N-dealkylation sites (tertiary alicyclic amines) is 1. The lowest BCUT2D eigenvalue weighted by atomic mass is 9.94. The van der Waals surface area contributed by atoms with Crippen molar-refractivity contribution in [3.63, 3.8) is 0 Å². The summed E-state index contributed by atoms with van der Waals surface area (Å²) in [5.41, 5.74) is 4.28. The molecule has 1 aliphatic rings. The van der Waals surface area contributed by atoms with Crippen molar-refractivity contribution in [3.8, 4) is 0 Å². The van der Waals surface area contributed by atoms with E-state index in [1.165, 1.54) is 49.0 Å². The van der Waals surface area contributed by atoms with Gasteiger partial charge in [0.15, 0.2) is 0 Å². The fourth-order valence-corrected chi connectivity index (χ4v) is 2.88. The summed E-state index contributed by atoms with van der Waals surface area (Å²) in [6.07, 6.45) is 4.09. The van der Waals surface area contributed by atoms with Gasteiger partial charge in [0.25, 0.3) is 0 Å². The Balaban J connectivity index is 1.68. The molecule has 0 atom stereocenters. The van der Waals surface area contributed by atoms with E-state index in [-0.39, 0.29) is 0 Å². The highest BCUT2D eigenvalue weighted by atomic mass is 15.1. The number of nitrogens with one attached hydrogen (secondary N) is 1. The molecular weight excluding hydrogens is 232 g/mol. The van der Waals surface area contributed by atoms with Gasteiger partial charge in [0, 0.05) is 6.54 Å². The third-order valence-electron chi connectivity index (χ3n) is 4.60. The Morgan fingerprint density at radius 1 is 1.21 bits per heavy atom. The van der Waals surface area contributed by atoms with Crippen molar-refractivity contribution in [2.75, 3.05) is 26.7 Å². The summed E-state index contributed by atoms with van der Waals surface area (Å²) in [6.45, 7) is 9.14. The summed E-state index contributed by atoms with van der Waals surface area (Å²) < 4.78 is 0. The van der Waals surface area contributed by atoms with Crippen LogP contribution in [-0.2, 0) is 6.54 Å². The van der Waals surface area contributed by atoms with E-state index in [2.05, 4.69) is 49.3 Å². The highest BCUT2D eigenvalue weighted by molar-refractivity contribution is 5.32. The first-order chi connectivity index (χ1) is 9.16. The molecule has 0 bridgehead atoms. The average Bonchev–Trinajstić information content (AvgIpc) is 2.41. The maximum absolute atomic E-state index is 3.61. The van der Waals surface area contributed by atoms with Gasteiger partial charge < -0.3 is 10.2 Å².